The van der Waals surface area contributed by atoms with Crippen LogP contribution in [0.5, 0.6) is 5.75 Å². The topological polar surface area (TPSA) is 240 Å². The number of rotatable bonds is 12. The zero-order valence-corrected chi connectivity index (χ0v) is 22.1. The second kappa shape index (κ2) is 13.0. The molecule has 3 amide bonds. The number of nitrogens with two attached hydrogens (primary N) is 2. The zero-order chi connectivity index (χ0) is 30.2. The molecule has 2 heterocycles. The molecule has 0 unspecified atom stereocenters. The maximum atomic E-state index is 12.7. The Balaban J connectivity index is 1.33. The fourth-order valence-electron chi connectivity index (χ4n) is 3.95. The van der Waals surface area contributed by atoms with Crippen LogP contribution in [0.25, 0.3) is 11.2 Å². The van der Waals surface area contributed by atoms with Crippen molar-refractivity contribution >= 4 is 52.8 Å². The fraction of sp³-hybridized carbons (Fsp3) is 0.185. The number of nitrogens with zero attached hydrogens (tertiary/aromatic N) is 5. The number of fused-ring (bicyclic) bond motifs is 1. The third-order valence-corrected chi connectivity index (χ3v) is 6.11. The summed E-state index contributed by atoms with van der Waals surface area (Å²) in [4.78, 5) is 66.1. The van der Waals surface area contributed by atoms with Crippen LogP contribution in [0.2, 0.25) is 0 Å². The molecule has 2 aromatic heterocycles. The minimum absolute atomic E-state index is 0.0339. The van der Waals surface area contributed by atoms with Gasteiger partial charge in [0.2, 0.25) is 12.4 Å². The summed E-state index contributed by atoms with van der Waals surface area (Å²) in [6, 6.07) is 10.5. The van der Waals surface area contributed by atoms with Crippen molar-refractivity contribution in [2.45, 2.75) is 25.4 Å². The van der Waals surface area contributed by atoms with Gasteiger partial charge >= 0.3 is 5.97 Å². The first kappa shape index (κ1) is 29.1. The molecule has 0 aliphatic rings. The van der Waals surface area contributed by atoms with Gasteiger partial charge in [0.25, 0.3) is 11.8 Å². The number of carboxylic acid groups (broad SMARTS) is 1. The summed E-state index contributed by atoms with van der Waals surface area (Å²) in [5, 5.41) is 24.0. The van der Waals surface area contributed by atoms with Crippen molar-refractivity contribution in [1.29, 1.82) is 0 Å². The standard InChI is InChI=1S/C27H27N9O6/c28-22-21-23(35-27(29)34-22)31-12-17(32-21)13-36(14-37)18-7-3-16(4-8-18)25(40)33-20(26(41)42)2-1-11-30-24(39)15-5-9-19(38)10-6-15/h3-10,12,14,20,38H,1-2,11,13H2,(H,30,39)(H,33,40)(H,41,42)(H4,28,29,31,34,35)/t20-/m0/s1. The quantitative estimate of drug-likeness (QED) is 0.102. The number of hydrogen-bond acceptors (Lipinski definition) is 11. The Morgan fingerprint density at radius 1 is 0.952 bits per heavy atom. The molecule has 15 heteroatoms. The van der Waals surface area contributed by atoms with Crippen LogP contribution in [0.15, 0.2) is 54.7 Å². The average molecular weight is 574 g/mol. The molecule has 1 atom stereocenters. The summed E-state index contributed by atoms with van der Waals surface area (Å²) in [6.07, 6.45) is 2.38. The fourth-order valence-corrected chi connectivity index (χ4v) is 3.95. The molecule has 216 valence electrons. The normalized spacial score (nSPS) is 11.4. The monoisotopic (exact) mass is 573 g/mol. The molecular formula is C27H27N9O6. The van der Waals surface area contributed by atoms with Gasteiger partial charge in [0.1, 0.15) is 11.8 Å². The summed E-state index contributed by atoms with van der Waals surface area (Å²) in [5.41, 5.74) is 13.3. The molecule has 0 aliphatic heterocycles. The minimum atomic E-state index is -1.22. The number of phenolic OH excluding ortho intramolecular Hbond substituents is 1. The predicted molar refractivity (Wildman–Crippen MR) is 151 cm³/mol. The number of amides is 3. The van der Waals surface area contributed by atoms with Gasteiger partial charge < -0.3 is 37.2 Å². The van der Waals surface area contributed by atoms with Crippen LogP contribution < -0.4 is 27.0 Å². The Labute approximate surface area is 238 Å². The van der Waals surface area contributed by atoms with Crippen molar-refractivity contribution in [3.05, 3.63) is 71.5 Å². The number of hydrogen-bond donors (Lipinski definition) is 6. The first-order chi connectivity index (χ1) is 20.1. The lowest BCUT2D eigenvalue weighted by molar-refractivity contribution is -0.139. The molecule has 8 N–H and O–H groups in total. The highest BCUT2D eigenvalue weighted by molar-refractivity contribution is 5.97. The van der Waals surface area contributed by atoms with Crippen LogP contribution in [-0.4, -0.2) is 66.9 Å². The summed E-state index contributed by atoms with van der Waals surface area (Å²) in [5.74, 6) is -2.15. The van der Waals surface area contributed by atoms with Gasteiger partial charge in [0.15, 0.2) is 17.0 Å². The van der Waals surface area contributed by atoms with Crippen molar-refractivity contribution in [1.82, 2.24) is 30.6 Å². The zero-order valence-electron chi connectivity index (χ0n) is 22.1. The van der Waals surface area contributed by atoms with Crippen LogP contribution in [0.3, 0.4) is 0 Å². The third-order valence-electron chi connectivity index (χ3n) is 6.11. The Hall–Kier alpha value is -5.86. The number of phenols is 1. The molecule has 0 spiro atoms. The second-order valence-corrected chi connectivity index (χ2v) is 9.09. The van der Waals surface area contributed by atoms with E-state index in [0.717, 1.165) is 0 Å². The van der Waals surface area contributed by atoms with E-state index in [1.54, 1.807) is 0 Å². The SMILES string of the molecule is Nc1nc(N)c2nc(CN(C=O)c3ccc(C(=O)N[C@@H](CCCNC(=O)c4ccc(O)cc4)C(=O)O)cc3)cnc2n1. The summed E-state index contributed by atoms with van der Waals surface area (Å²) in [6.45, 7) is 0.219. The van der Waals surface area contributed by atoms with Crippen LogP contribution in [0, 0.1) is 0 Å². The molecular weight excluding hydrogens is 546 g/mol. The van der Waals surface area contributed by atoms with E-state index in [4.69, 9.17) is 11.5 Å². The number of aromatic nitrogens is 4. The number of nitrogens with one attached hydrogen (secondary N) is 2. The summed E-state index contributed by atoms with van der Waals surface area (Å²) < 4.78 is 0. The van der Waals surface area contributed by atoms with Crippen molar-refractivity contribution in [3.8, 4) is 5.75 Å². The van der Waals surface area contributed by atoms with E-state index >= 15 is 0 Å². The van der Waals surface area contributed by atoms with E-state index in [-0.39, 0.29) is 66.1 Å². The lowest BCUT2D eigenvalue weighted by Gasteiger charge is -2.18. The van der Waals surface area contributed by atoms with Gasteiger partial charge in [-0.2, -0.15) is 9.97 Å². The van der Waals surface area contributed by atoms with Crippen LogP contribution >= 0.6 is 0 Å². The van der Waals surface area contributed by atoms with Crippen LogP contribution in [0.4, 0.5) is 17.5 Å². The van der Waals surface area contributed by atoms with E-state index in [0.29, 0.717) is 23.4 Å². The number of aromatic hydroxyl groups is 1. The lowest BCUT2D eigenvalue weighted by atomic mass is 10.1. The molecule has 0 radical (unpaired) electrons. The van der Waals surface area contributed by atoms with Gasteiger partial charge in [-0.3, -0.25) is 14.4 Å². The van der Waals surface area contributed by atoms with Crippen molar-refractivity contribution in [2.75, 3.05) is 22.9 Å². The van der Waals surface area contributed by atoms with Crippen molar-refractivity contribution in [2.24, 2.45) is 0 Å². The Bertz CT molecular complexity index is 1610. The molecule has 42 heavy (non-hydrogen) atoms. The van der Waals surface area contributed by atoms with Gasteiger partial charge in [0.05, 0.1) is 18.4 Å². The Kier molecular flexibility index (Phi) is 9.01. The highest BCUT2D eigenvalue weighted by Crippen LogP contribution is 2.19. The number of anilines is 3. The molecule has 0 bridgehead atoms. The molecule has 4 aromatic rings. The average Bonchev–Trinajstić information content (AvgIpc) is 2.97. The maximum Gasteiger partial charge on any atom is 0.326 e. The van der Waals surface area contributed by atoms with Gasteiger partial charge in [0, 0.05) is 23.4 Å². The maximum absolute atomic E-state index is 12.7. The number of carboxylic acids is 1. The van der Waals surface area contributed by atoms with Crippen LogP contribution in [0.1, 0.15) is 39.3 Å². The van der Waals surface area contributed by atoms with Gasteiger partial charge in [-0.25, -0.2) is 14.8 Å². The number of carbonyl (C=O) groups excluding carboxylic acids is 3. The van der Waals surface area contributed by atoms with E-state index < -0.39 is 17.9 Å². The van der Waals surface area contributed by atoms with Gasteiger partial charge in [-0.05, 0) is 61.4 Å². The van der Waals surface area contributed by atoms with Gasteiger partial charge in [-0.1, -0.05) is 0 Å². The highest BCUT2D eigenvalue weighted by Gasteiger charge is 2.21. The number of benzene rings is 2. The largest absolute Gasteiger partial charge is 0.508 e. The lowest BCUT2D eigenvalue weighted by Crippen LogP contribution is -2.41. The molecule has 4 rings (SSSR count). The Morgan fingerprint density at radius 3 is 2.29 bits per heavy atom. The van der Waals surface area contributed by atoms with E-state index in [2.05, 4.69) is 30.6 Å². The van der Waals surface area contributed by atoms with E-state index in [1.807, 2.05) is 0 Å². The first-order valence-corrected chi connectivity index (χ1v) is 12.6. The van der Waals surface area contributed by atoms with Crippen LogP contribution in [-0.2, 0) is 16.1 Å². The summed E-state index contributed by atoms with van der Waals surface area (Å²) in [7, 11) is 0. The Morgan fingerprint density at radius 2 is 1.62 bits per heavy atom. The first-order valence-electron chi connectivity index (χ1n) is 12.6. The molecule has 2 aromatic carbocycles. The minimum Gasteiger partial charge on any atom is -0.508 e. The molecule has 0 fully saturated rings. The number of carbonyl (C=O) groups is 4. The van der Waals surface area contributed by atoms with Crippen molar-refractivity contribution in [3.63, 3.8) is 0 Å². The smallest absolute Gasteiger partial charge is 0.326 e. The molecule has 15 nitrogen and oxygen atoms in total. The molecule has 0 saturated heterocycles. The number of aliphatic carboxylic acids is 1. The third kappa shape index (κ3) is 7.20. The number of nitrogen functional groups attached to an aromatic ring is 2. The predicted octanol–water partition coefficient (Wildman–Crippen LogP) is 0.846. The highest BCUT2D eigenvalue weighted by atomic mass is 16.4. The molecule has 0 saturated carbocycles. The van der Waals surface area contributed by atoms with Crippen molar-refractivity contribution < 1.29 is 29.4 Å². The van der Waals surface area contributed by atoms with E-state index in [9.17, 15) is 29.4 Å². The summed E-state index contributed by atoms with van der Waals surface area (Å²) >= 11 is 0. The molecule has 0 aliphatic carbocycles. The second-order valence-electron chi connectivity index (χ2n) is 9.09. The van der Waals surface area contributed by atoms with Gasteiger partial charge in [-0.15, -0.1) is 0 Å². The van der Waals surface area contributed by atoms with E-state index in [1.165, 1.54) is 59.6 Å².